The van der Waals surface area contributed by atoms with Crippen molar-refractivity contribution in [3.05, 3.63) is 0 Å². The van der Waals surface area contributed by atoms with Gasteiger partial charge in [-0.2, -0.15) is 0 Å². The molecule has 9 heteroatoms. The van der Waals surface area contributed by atoms with Gasteiger partial charge in [-0.15, -0.1) is 0 Å². The number of cyclic esters (lactones) is 1. The molecule has 0 radical (unpaired) electrons. The third kappa shape index (κ3) is 2.76. The van der Waals surface area contributed by atoms with Gasteiger partial charge in [-0.25, -0.2) is 0 Å². The summed E-state index contributed by atoms with van der Waals surface area (Å²) in [5.41, 5.74) is 0. The Kier molecular flexibility index (Phi) is 4.36. The molecule has 0 aliphatic carbocycles. The summed E-state index contributed by atoms with van der Waals surface area (Å²) in [4.78, 5) is 32.6. The fourth-order valence-corrected chi connectivity index (χ4v) is 1.88. The Bertz CT molecular complexity index is 333. The minimum atomic E-state index is -1.89. The average molecular weight is 419 g/mol. The SMILES string of the molecule is O=[C]([Hg])NC(=O)C(O)C1OC(=O)C(O)C1O. The number of carbonyl (C=O) groups excluding carboxylic acids is 3. The van der Waals surface area contributed by atoms with Crippen LogP contribution < -0.4 is 5.32 Å². The van der Waals surface area contributed by atoms with Crippen molar-refractivity contribution in [1.29, 1.82) is 0 Å². The van der Waals surface area contributed by atoms with Crippen LogP contribution in [0.2, 0.25) is 0 Å². The molecule has 0 aromatic heterocycles. The molecule has 1 saturated heterocycles. The Morgan fingerprint density at radius 3 is 2.38 bits per heavy atom. The summed E-state index contributed by atoms with van der Waals surface area (Å²) in [6, 6.07) is 0. The molecular weight excluding hydrogens is 411 g/mol. The Hall–Kier alpha value is -0.575. The van der Waals surface area contributed by atoms with Crippen molar-refractivity contribution in [1.82, 2.24) is 5.32 Å². The van der Waals surface area contributed by atoms with Crippen LogP contribution in [0.5, 0.6) is 0 Å². The molecule has 0 aromatic carbocycles. The zero-order chi connectivity index (χ0) is 12.5. The molecule has 16 heavy (non-hydrogen) atoms. The number of aliphatic hydroxyl groups excluding tert-OH is 3. The summed E-state index contributed by atoms with van der Waals surface area (Å²) < 4.78 is 3.89. The van der Waals surface area contributed by atoms with E-state index < -0.39 is 39.7 Å². The van der Waals surface area contributed by atoms with E-state index in [1.54, 1.807) is 0 Å². The number of hydrogen-bond donors (Lipinski definition) is 4. The Morgan fingerprint density at radius 1 is 1.44 bits per heavy atom. The number of esters is 1. The van der Waals surface area contributed by atoms with Crippen molar-refractivity contribution < 1.29 is 60.6 Å². The molecule has 2 amide bonds. The van der Waals surface area contributed by atoms with E-state index in [4.69, 9.17) is 5.11 Å². The van der Waals surface area contributed by atoms with Crippen LogP contribution in [-0.4, -0.2) is 55.0 Å². The van der Waals surface area contributed by atoms with Crippen molar-refractivity contribution in [2.45, 2.75) is 24.4 Å². The van der Waals surface area contributed by atoms with Gasteiger partial charge in [-0.1, -0.05) is 0 Å². The van der Waals surface area contributed by atoms with Crippen LogP contribution in [0, 0.1) is 0 Å². The third-order valence-corrected chi connectivity index (χ3v) is 2.68. The Labute approximate surface area is 106 Å². The van der Waals surface area contributed by atoms with Crippen LogP contribution in [0.15, 0.2) is 0 Å². The van der Waals surface area contributed by atoms with E-state index in [2.05, 4.69) is 4.74 Å². The van der Waals surface area contributed by atoms with Gasteiger partial charge in [-0.3, -0.25) is 0 Å². The maximum absolute atomic E-state index is 11.2. The molecule has 1 heterocycles. The van der Waals surface area contributed by atoms with Gasteiger partial charge in [0, 0.05) is 0 Å². The van der Waals surface area contributed by atoms with Crippen molar-refractivity contribution in [2.75, 3.05) is 0 Å². The molecule has 1 fully saturated rings. The van der Waals surface area contributed by atoms with Gasteiger partial charge in [-0.05, 0) is 0 Å². The molecule has 4 N–H and O–H groups in total. The van der Waals surface area contributed by atoms with Crippen LogP contribution >= 0.6 is 0 Å². The van der Waals surface area contributed by atoms with E-state index in [1.165, 1.54) is 0 Å². The van der Waals surface area contributed by atoms with E-state index in [-0.39, 0.29) is 26.1 Å². The molecule has 1 aliphatic rings. The minimum absolute atomic E-state index is 0.334. The summed E-state index contributed by atoms with van der Waals surface area (Å²) in [5, 5.41) is 29.5. The zero-order valence-corrected chi connectivity index (χ0v) is 13.5. The van der Waals surface area contributed by atoms with Crippen LogP contribution in [0.4, 0.5) is 4.79 Å². The van der Waals surface area contributed by atoms with Gasteiger partial charge >= 0.3 is 106 Å². The number of ether oxygens (including phenoxy) is 1. The number of aliphatic hydroxyl groups is 3. The van der Waals surface area contributed by atoms with Gasteiger partial charge in [0.2, 0.25) is 0 Å². The molecular formula is C7H8HgNO7. The first-order valence-corrected chi connectivity index (χ1v) is 7.01. The molecule has 4 atom stereocenters. The monoisotopic (exact) mass is 420 g/mol. The second kappa shape index (κ2) is 5.17. The Balaban J connectivity index is 2.68. The first-order valence-electron chi connectivity index (χ1n) is 4.26. The standard InChI is InChI=1S/C7H8NO7.Hg/c9-1-8-6(13)4(12)5-2(10)3(11)7(14)15-5;/h2-5,10-12H,(H,8,9,13);. The van der Waals surface area contributed by atoms with Crippen molar-refractivity contribution in [2.24, 2.45) is 0 Å². The summed E-state index contributed by atoms with van der Waals surface area (Å²) in [7, 11) is 0. The second-order valence-corrected chi connectivity index (χ2v) is 5.69. The van der Waals surface area contributed by atoms with Crippen LogP contribution in [-0.2, 0) is 40.4 Å². The molecule has 0 spiro atoms. The van der Waals surface area contributed by atoms with Gasteiger partial charge in [0.25, 0.3) is 0 Å². The van der Waals surface area contributed by atoms with Gasteiger partial charge < -0.3 is 0 Å². The number of imide groups is 1. The van der Waals surface area contributed by atoms with Gasteiger partial charge in [0.05, 0.1) is 0 Å². The number of amides is 2. The zero-order valence-electron chi connectivity index (χ0n) is 7.99. The van der Waals surface area contributed by atoms with E-state index >= 15 is 0 Å². The van der Waals surface area contributed by atoms with Gasteiger partial charge in [0.1, 0.15) is 0 Å². The summed E-state index contributed by atoms with van der Waals surface area (Å²) in [5.74, 6) is -2.18. The fraction of sp³-hybridized carbons (Fsp3) is 0.571. The number of nitrogens with one attached hydrogen (secondary N) is 1. The van der Waals surface area contributed by atoms with Crippen LogP contribution in [0.3, 0.4) is 0 Å². The second-order valence-electron chi connectivity index (χ2n) is 3.19. The first kappa shape index (κ1) is 13.5. The molecule has 1 rings (SSSR count). The third-order valence-electron chi connectivity index (χ3n) is 2.00. The summed E-state index contributed by atoms with van der Waals surface area (Å²) in [6.07, 6.45) is -6.93. The molecule has 0 saturated carbocycles. The maximum atomic E-state index is 11.2. The van der Waals surface area contributed by atoms with E-state index in [9.17, 15) is 24.6 Å². The summed E-state index contributed by atoms with van der Waals surface area (Å²) in [6.45, 7) is 0. The van der Waals surface area contributed by atoms with Crippen LogP contribution in [0.1, 0.15) is 0 Å². The quantitative estimate of drug-likeness (QED) is 0.274. The van der Waals surface area contributed by atoms with Crippen LogP contribution in [0.25, 0.3) is 0 Å². The average Bonchev–Trinajstić information content (AvgIpc) is 2.44. The van der Waals surface area contributed by atoms with Crippen molar-refractivity contribution in [3.63, 3.8) is 0 Å². The molecule has 8 nitrogen and oxygen atoms in total. The predicted molar refractivity (Wildman–Crippen MR) is 41.4 cm³/mol. The Morgan fingerprint density at radius 2 is 2.00 bits per heavy atom. The molecule has 85 valence electrons. The summed E-state index contributed by atoms with van der Waals surface area (Å²) >= 11 is -0.334. The molecule has 1 aliphatic heterocycles. The molecule has 4 unspecified atom stereocenters. The predicted octanol–water partition coefficient (Wildman–Crippen LogP) is -3.22. The van der Waals surface area contributed by atoms with E-state index in [0.717, 1.165) is 0 Å². The van der Waals surface area contributed by atoms with Gasteiger partial charge in [0.15, 0.2) is 0 Å². The molecule has 0 bridgehead atoms. The normalized spacial score (nSPS) is 30.8. The van der Waals surface area contributed by atoms with E-state index in [1.807, 2.05) is 5.32 Å². The van der Waals surface area contributed by atoms with E-state index in [0.29, 0.717) is 0 Å². The topological polar surface area (TPSA) is 133 Å². The molecule has 0 aromatic rings. The fourth-order valence-electron chi connectivity index (χ4n) is 1.20. The van der Waals surface area contributed by atoms with Crippen molar-refractivity contribution >= 4 is 15.3 Å². The number of carbonyl (C=O) groups is 3. The number of hydrogen-bond acceptors (Lipinski definition) is 7. The number of rotatable bonds is 2. The first-order chi connectivity index (χ1) is 7.34. The van der Waals surface area contributed by atoms with Crippen molar-refractivity contribution in [3.8, 4) is 0 Å².